The summed E-state index contributed by atoms with van der Waals surface area (Å²) in [5, 5.41) is 6.70. The zero-order valence-electron chi connectivity index (χ0n) is 12.0. The van der Waals surface area contributed by atoms with E-state index in [0.29, 0.717) is 0 Å². The summed E-state index contributed by atoms with van der Waals surface area (Å²) in [6.45, 7) is 1.90. The number of nitrogens with zero attached hydrogens (tertiary/aromatic N) is 2. The summed E-state index contributed by atoms with van der Waals surface area (Å²) in [6.07, 6.45) is 0.139. The molecule has 1 aromatic carbocycles. The maximum atomic E-state index is 11.9. The Morgan fingerprint density at radius 3 is 2.67 bits per heavy atom. The number of carbonyl (C=O) groups excluding carboxylic acids is 2. The van der Waals surface area contributed by atoms with Crippen molar-refractivity contribution in [3.05, 3.63) is 47.8 Å². The van der Waals surface area contributed by atoms with Crippen LogP contribution < -0.4 is 5.32 Å². The molecule has 2 aromatic rings. The highest BCUT2D eigenvalue weighted by Gasteiger charge is 2.14. The molecule has 0 radical (unpaired) electrons. The molecule has 21 heavy (non-hydrogen) atoms. The van der Waals surface area contributed by atoms with Crippen molar-refractivity contribution in [2.45, 2.75) is 13.3 Å². The number of esters is 1. The molecule has 0 spiro atoms. The van der Waals surface area contributed by atoms with Gasteiger partial charge in [-0.1, -0.05) is 18.2 Å². The Kier molecular flexibility index (Phi) is 4.71. The summed E-state index contributed by atoms with van der Waals surface area (Å²) < 4.78 is 6.71. The fourth-order valence-electron chi connectivity index (χ4n) is 1.84. The standard InChI is InChI=1S/C15H17N3O3/c1-11-10-13(15(20)21-9-8-14(19)16-2)17-18(11)12-6-4-3-5-7-12/h3-7,10H,8-9H2,1-2H3,(H,16,19). The van der Waals surface area contributed by atoms with Crippen molar-refractivity contribution in [1.82, 2.24) is 15.1 Å². The van der Waals surface area contributed by atoms with Gasteiger partial charge in [-0.3, -0.25) is 4.79 Å². The second-order valence-corrected chi connectivity index (χ2v) is 4.48. The van der Waals surface area contributed by atoms with E-state index < -0.39 is 5.97 Å². The van der Waals surface area contributed by atoms with E-state index in [9.17, 15) is 9.59 Å². The van der Waals surface area contributed by atoms with Crippen LogP contribution in [0.2, 0.25) is 0 Å². The van der Waals surface area contributed by atoms with Crippen LogP contribution in [0.15, 0.2) is 36.4 Å². The van der Waals surface area contributed by atoms with Gasteiger partial charge in [0.25, 0.3) is 0 Å². The fraction of sp³-hybridized carbons (Fsp3) is 0.267. The van der Waals surface area contributed by atoms with Crippen LogP contribution >= 0.6 is 0 Å². The molecular weight excluding hydrogens is 270 g/mol. The van der Waals surface area contributed by atoms with E-state index in [1.165, 1.54) is 7.05 Å². The number of ether oxygens (including phenoxy) is 1. The molecule has 0 bridgehead atoms. The minimum Gasteiger partial charge on any atom is -0.460 e. The van der Waals surface area contributed by atoms with Gasteiger partial charge in [-0.25, -0.2) is 9.48 Å². The van der Waals surface area contributed by atoms with Crippen molar-refractivity contribution >= 4 is 11.9 Å². The van der Waals surface area contributed by atoms with Crippen molar-refractivity contribution in [3.8, 4) is 5.69 Å². The number of nitrogens with one attached hydrogen (secondary N) is 1. The smallest absolute Gasteiger partial charge is 0.358 e. The molecule has 2 rings (SSSR count). The van der Waals surface area contributed by atoms with Crippen molar-refractivity contribution in [2.75, 3.05) is 13.7 Å². The average Bonchev–Trinajstić information content (AvgIpc) is 2.90. The Morgan fingerprint density at radius 2 is 2.00 bits per heavy atom. The Bertz CT molecular complexity index is 635. The van der Waals surface area contributed by atoms with Crippen LogP contribution in [0.5, 0.6) is 0 Å². The van der Waals surface area contributed by atoms with Gasteiger partial charge in [0.05, 0.1) is 12.1 Å². The van der Waals surface area contributed by atoms with Gasteiger partial charge in [0.2, 0.25) is 5.91 Å². The molecular formula is C15H17N3O3. The average molecular weight is 287 g/mol. The predicted molar refractivity (Wildman–Crippen MR) is 77.3 cm³/mol. The van der Waals surface area contributed by atoms with Crippen LogP contribution in [0.3, 0.4) is 0 Å². The third-order valence-corrected chi connectivity index (χ3v) is 2.94. The van der Waals surface area contributed by atoms with Crippen LogP contribution in [0.4, 0.5) is 0 Å². The van der Waals surface area contributed by atoms with Gasteiger partial charge >= 0.3 is 5.97 Å². The first-order valence-electron chi connectivity index (χ1n) is 6.61. The molecule has 1 amide bonds. The van der Waals surface area contributed by atoms with E-state index in [-0.39, 0.29) is 24.6 Å². The third kappa shape index (κ3) is 3.68. The van der Waals surface area contributed by atoms with Crippen LogP contribution in [0.25, 0.3) is 5.69 Å². The van der Waals surface area contributed by atoms with Gasteiger partial charge in [-0.2, -0.15) is 5.10 Å². The molecule has 0 fully saturated rings. The van der Waals surface area contributed by atoms with E-state index in [2.05, 4.69) is 10.4 Å². The van der Waals surface area contributed by atoms with Gasteiger partial charge in [-0.15, -0.1) is 0 Å². The molecule has 1 aromatic heterocycles. The highest BCUT2D eigenvalue weighted by atomic mass is 16.5. The largest absolute Gasteiger partial charge is 0.460 e. The number of hydrogen-bond acceptors (Lipinski definition) is 4. The molecule has 0 unspecified atom stereocenters. The van der Waals surface area contributed by atoms with Crippen molar-refractivity contribution in [1.29, 1.82) is 0 Å². The number of hydrogen-bond donors (Lipinski definition) is 1. The molecule has 6 nitrogen and oxygen atoms in total. The number of rotatable bonds is 5. The normalized spacial score (nSPS) is 10.2. The number of aromatic nitrogens is 2. The minimum absolute atomic E-state index is 0.0375. The summed E-state index contributed by atoms with van der Waals surface area (Å²) in [6, 6.07) is 11.2. The first-order chi connectivity index (χ1) is 10.1. The van der Waals surface area contributed by atoms with Crippen LogP contribution in [-0.2, 0) is 9.53 Å². The molecule has 1 heterocycles. The molecule has 110 valence electrons. The Morgan fingerprint density at radius 1 is 1.29 bits per heavy atom. The summed E-state index contributed by atoms with van der Waals surface area (Å²) in [7, 11) is 1.54. The summed E-state index contributed by atoms with van der Waals surface area (Å²) in [5.41, 5.74) is 1.94. The Hall–Kier alpha value is -2.63. The lowest BCUT2D eigenvalue weighted by Gasteiger charge is -2.03. The zero-order chi connectivity index (χ0) is 15.2. The minimum atomic E-state index is -0.531. The van der Waals surface area contributed by atoms with E-state index in [1.54, 1.807) is 10.7 Å². The Balaban J connectivity index is 2.05. The molecule has 0 aliphatic heterocycles. The molecule has 0 aliphatic carbocycles. The summed E-state index contributed by atoms with van der Waals surface area (Å²) in [5.74, 6) is -0.703. The van der Waals surface area contributed by atoms with Crippen LogP contribution in [0, 0.1) is 6.92 Å². The van der Waals surface area contributed by atoms with E-state index in [4.69, 9.17) is 4.74 Å². The topological polar surface area (TPSA) is 73.2 Å². The third-order valence-electron chi connectivity index (χ3n) is 2.94. The SMILES string of the molecule is CNC(=O)CCOC(=O)c1cc(C)n(-c2ccccc2)n1. The van der Waals surface area contributed by atoms with Gasteiger partial charge in [0, 0.05) is 12.7 Å². The molecule has 1 N–H and O–H groups in total. The molecule has 0 aliphatic rings. The lowest BCUT2D eigenvalue weighted by molar-refractivity contribution is -0.121. The van der Waals surface area contributed by atoms with Gasteiger partial charge in [0.1, 0.15) is 6.61 Å². The molecule has 0 saturated carbocycles. The van der Waals surface area contributed by atoms with E-state index in [0.717, 1.165) is 11.4 Å². The number of benzene rings is 1. The maximum Gasteiger partial charge on any atom is 0.358 e. The monoisotopic (exact) mass is 287 g/mol. The van der Waals surface area contributed by atoms with Crippen molar-refractivity contribution < 1.29 is 14.3 Å². The van der Waals surface area contributed by atoms with Crippen molar-refractivity contribution in [3.63, 3.8) is 0 Å². The van der Waals surface area contributed by atoms with Gasteiger partial charge in [-0.05, 0) is 25.1 Å². The lowest BCUT2D eigenvalue weighted by atomic mass is 10.3. The predicted octanol–water partition coefficient (Wildman–Crippen LogP) is 1.47. The molecule has 0 atom stereocenters. The summed E-state index contributed by atoms with van der Waals surface area (Å²) in [4.78, 5) is 22.9. The van der Waals surface area contributed by atoms with E-state index >= 15 is 0 Å². The molecule has 6 heteroatoms. The first-order valence-corrected chi connectivity index (χ1v) is 6.61. The highest BCUT2D eigenvalue weighted by molar-refractivity contribution is 5.87. The summed E-state index contributed by atoms with van der Waals surface area (Å²) >= 11 is 0. The van der Waals surface area contributed by atoms with Crippen LogP contribution in [-0.4, -0.2) is 35.3 Å². The lowest BCUT2D eigenvalue weighted by Crippen LogP contribution is -2.20. The number of amides is 1. The highest BCUT2D eigenvalue weighted by Crippen LogP contribution is 2.12. The second kappa shape index (κ2) is 6.69. The molecule has 0 saturated heterocycles. The number of carbonyl (C=O) groups is 2. The fourth-order valence-corrected chi connectivity index (χ4v) is 1.84. The quantitative estimate of drug-likeness (QED) is 0.845. The van der Waals surface area contributed by atoms with E-state index in [1.807, 2.05) is 37.3 Å². The Labute approximate surface area is 122 Å². The number of aryl methyl sites for hydroxylation is 1. The van der Waals surface area contributed by atoms with Crippen LogP contribution in [0.1, 0.15) is 22.6 Å². The second-order valence-electron chi connectivity index (χ2n) is 4.48. The number of para-hydroxylation sites is 1. The zero-order valence-corrected chi connectivity index (χ0v) is 12.0. The first kappa shape index (κ1) is 14.8. The van der Waals surface area contributed by atoms with Crippen molar-refractivity contribution in [2.24, 2.45) is 0 Å². The maximum absolute atomic E-state index is 11.9. The van der Waals surface area contributed by atoms with Gasteiger partial charge < -0.3 is 10.1 Å². The van der Waals surface area contributed by atoms with Gasteiger partial charge in [0.15, 0.2) is 5.69 Å².